The lowest BCUT2D eigenvalue weighted by atomic mass is 9.89. The lowest BCUT2D eigenvalue weighted by Crippen LogP contribution is -2.33. The molecule has 2 unspecified atom stereocenters. The van der Waals surface area contributed by atoms with Gasteiger partial charge < -0.3 is 10.6 Å². The van der Waals surface area contributed by atoms with Crippen LogP contribution in [0.5, 0.6) is 0 Å². The van der Waals surface area contributed by atoms with Crippen LogP contribution >= 0.6 is 12.4 Å². The van der Waals surface area contributed by atoms with Crippen LogP contribution in [-0.4, -0.2) is 29.9 Å². The Morgan fingerprint density at radius 2 is 1.94 bits per heavy atom. The van der Waals surface area contributed by atoms with E-state index < -0.39 is 0 Å². The highest BCUT2D eigenvalue weighted by molar-refractivity contribution is 5.85. The van der Waals surface area contributed by atoms with Crippen molar-refractivity contribution in [1.29, 1.82) is 0 Å². The SMILES string of the molecule is CC(N)CCC(=O)N1CCCC(C(C)C)CC1.Cl. The second kappa shape index (κ2) is 8.76. The van der Waals surface area contributed by atoms with Crippen molar-refractivity contribution in [3.8, 4) is 0 Å². The Kier molecular flexibility index (Phi) is 8.62. The molecule has 18 heavy (non-hydrogen) atoms. The van der Waals surface area contributed by atoms with Gasteiger partial charge in [-0.25, -0.2) is 0 Å². The van der Waals surface area contributed by atoms with Gasteiger partial charge in [-0.05, 0) is 44.4 Å². The standard InChI is InChI=1S/C14H28N2O.ClH/c1-11(2)13-5-4-9-16(10-8-13)14(17)7-6-12(3)15;/h11-13H,4-10,15H2,1-3H3;1H. The summed E-state index contributed by atoms with van der Waals surface area (Å²) in [6.45, 7) is 8.43. The lowest BCUT2D eigenvalue weighted by molar-refractivity contribution is -0.131. The Labute approximate surface area is 118 Å². The van der Waals surface area contributed by atoms with Gasteiger partial charge in [-0.1, -0.05) is 13.8 Å². The molecule has 1 aliphatic rings. The molecule has 1 fully saturated rings. The summed E-state index contributed by atoms with van der Waals surface area (Å²) in [5.74, 6) is 1.84. The first-order chi connectivity index (χ1) is 8.00. The fourth-order valence-corrected chi connectivity index (χ4v) is 2.55. The van der Waals surface area contributed by atoms with Crippen molar-refractivity contribution in [2.45, 2.75) is 58.9 Å². The summed E-state index contributed by atoms with van der Waals surface area (Å²) < 4.78 is 0. The summed E-state index contributed by atoms with van der Waals surface area (Å²) >= 11 is 0. The van der Waals surface area contributed by atoms with E-state index >= 15 is 0 Å². The summed E-state index contributed by atoms with van der Waals surface area (Å²) in [7, 11) is 0. The van der Waals surface area contributed by atoms with Crippen LogP contribution in [0, 0.1) is 11.8 Å². The predicted molar refractivity (Wildman–Crippen MR) is 78.9 cm³/mol. The highest BCUT2D eigenvalue weighted by Crippen LogP contribution is 2.24. The van der Waals surface area contributed by atoms with Crippen LogP contribution in [0.3, 0.4) is 0 Å². The van der Waals surface area contributed by atoms with Gasteiger partial charge in [0.2, 0.25) is 5.91 Å². The number of amides is 1. The molecule has 1 aliphatic heterocycles. The highest BCUT2D eigenvalue weighted by Gasteiger charge is 2.22. The molecule has 1 amide bonds. The van der Waals surface area contributed by atoms with Crippen molar-refractivity contribution in [2.24, 2.45) is 17.6 Å². The fraction of sp³-hybridized carbons (Fsp3) is 0.929. The van der Waals surface area contributed by atoms with Gasteiger partial charge in [-0.2, -0.15) is 0 Å². The first kappa shape index (κ1) is 17.7. The number of nitrogens with zero attached hydrogens (tertiary/aromatic N) is 1. The zero-order chi connectivity index (χ0) is 12.8. The minimum atomic E-state index is 0. The van der Waals surface area contributed by atoms with Gasteiger partial charge in [0.1, 0.15) is 0 Å². The summed E-state index contributed by atoms with van der Waals surface area (Å²) in [5, 5.41) is 0. The predicted octanol–water partition coefficient (Wildman–Crippen LogP) is 2.82. The maximum absolute atomic E-state index is 12.0. The quantitative estimate of drug-likeness (QED) is 0.858. The van der Waals surface area contributed by atoms with Gasteiger partial charge in [0.15, 0.2) is 0 Å². The van der Waals surface area contributed by atoms with Crippen molar-refractivity contribution in [2.75, 3.05) is 13.1 Å². The van der Waals surface area contributed by atoms with Gasteiger partial charge in [-0.15, -0.1) is 12.4 Å². The van der Waals surface area contributed by atoms with E-state index in [9.17, 15) is 4.79 Å². The summed E-state index contributed by atoms with van der Waals surface area (Å²) in [5.41, 5.74) is 5.69. The average molecular weight is 277 g/mol. The number of carbonyl (C=O) groups is 1. The van der Waals surface area contributed by atoms with Crippen molar-refractivity contribution < 1.29 is 4.79 Å². The third kappa shape index (κ3) is 6.05. The van der Waals surface area contributed by atoms with Crippen molar-refractivity contribution in [1.82, 2.24) is 4.90 Å². The molecule has 0 aromatic carbocycles. The van der Waals surface area contributed by atoms with Crippen LogP contribution in [0.2, 0.25) is 0 Å². The van der Waals surface area contributed by atoms with Crippen molar-refractivity contribution in [3.05, 3.63) is 0 Å². The van der Waals surface area contributed by atoms with E-state index in [1.54, 1.807) is 0 Å². The zero-order valence-electron chi connectivity index (χ0n) is 12.0. The first-order valence-corrected chi connectivity index (χ1v) is 7.04. The van der Waals surface area contributed by atoms with Crippen LogP contribution in [-0.2, 0) is 4.79 Å². The molecule has 3 nitrogen and oxygen atoms in total. The Bertz CT molecular complexity index is 244. The monoisotopic (exact) mass is 276 g/mol. The Morgan fingerprint density at radius 3 is 2.50 bits per heavy atom. The fourth-order valence-electron chi connectivity index (χ4n) is 2.55. The molecule has 4 heteroatoms. The lowest BCUT2D eigenvalue weighted by Gasteiger charge is -2.22. The molecule has 1 heterocycles. The van der Waals surface area contributed by atoms with E-state index in [1.807, 2.05) is 11.8 Å². The van der Waals surface area contributed by atoms with Gasteiger partial charge in [0.25, 0.3) is 0 Å². The number of hydrogen-bond donors (Lipinski definition) is 1. The number of rotatable bonds is 4. The smallest absolute Gasteiger partial charge is 0.222 e. The third-order valence-corrected chi connectivity index (χ3v) is 3.88. The molecular formula is C14H29ClN2O. The van der Waals surface area contributed by atoms with Crippen LogP contribution < -0.4 is 5.73 Å². The van der Waals surface area contributed by atoms with Crippen LogP contribution in [0.25, 0.3) is 0 Å². The Morgan fingerprint density at radius 1 is 1.28 bits per heavy atom. The van der Waals surface area contributed by atoms with Crippen LogP contribution in [0.15, 0.2) is 0 Å². The minimum Gasteiger partial charge on any atom is -0.343 e. The maximum Gasteiger partial charge on any atom is 0.222 e. The summed E-state index contributed by atoms with van der Waals surface area (Å²) in [4.78, 5) is 14.0. The Balaban J connectivity index is 0.00000289. The molecule has 0 spiro atoms. The third-order valence-electron chi connectivity index (χ3n) is 3.88. The van der Waals surface area contributed by atoms with E-state index in [2.05, 4.69) is 13.8 Å². The maximum atomic E-state index is 12.0. The molecule has 0 bridgehead atoms. The van der Waals surface area contributed by atoms with E-state index in [0.717, 1.165) is 37.8 Å². The number of hydrogen-bond acceptors (Lipinski definition) is 2. The molecular weight excluding hydrogens is 248 g/mol. The first-order valence-electron chi connectivity index (χ1n) is 7.04. The molecule has 0 aliphatic carbocycles. The second-order valence-corrected chi connectivity index (χ2v) is 5.83. The zero-order valence-corrected chi connectivity index (χ0v) is 12.8. The van der Waals surface area contributed by atoms with E-state index in [4.69, 9.17) is 5.73 Å². The number of likely N-dealkylation sites (tertiary alicyclic amines) is 1. The van der Waals surface area contributed by atoms with E-state index in [1.165, 1.54) is 12.8 Å². The molecule has 0 saturated carbocycles. The van der Waals surface area contributed by atoms with E-state index in [0.29, 0.717) is 12.3 Å². The van der Waals surface area contributed by atoms with Crippen molar-refractivity contribution >= 4 is 18.3 Å². The molecule has 108 valence electrons. The van der Waals surface area contributed by atoms with Crippen molar-refractivity contribution in [3.63, 3.8) is 0 Å². The normalized spacial score (nSPS) is 22.3. The number of nitrogens with two attached hydrogens (primary N) is 1. The topological polar surface area (TPSA) is 46.3 Å². The molecule has 2 atom stereocenters. The molecule has 1 rings (SSSR count). The van der Waals surface area contributed by atoms with Gasteiger partial charge in [0, 0.05) is 25.6 Å². The average Bonchev–Trinajstić information content (AvgIpc) is 2.51. The van der Waals surface area contributed by atoms with E-state index in [-0.39, 0.29) is 18.4 Å². The molecule has 0 aromatic rings. The second-order valence-electron chi connectivity index (χ2n) is 5.83. The Hall–Kier alpha value is -0.280. The molecule has 0 aromatic heterocycles. The molecule has 0 radical (unpaired) electrons. The molecule has 1 saturated heterocycles. The van der Waals surface area contributed by atoms with Crippen LogP contribution in [0.4, 0.5) is 0 Å². The summed E-state index contributed by atoms with van der Waals surface area (Å²) in [6, 6.07) is 0.134. The van der Waals surface area contributed by atoms with Gasteiger partial charge in [-0.3, -0.25) is 4.79 Å². The van der Waals surface area contributed by atoms with Gasteiger partial charge in [0.05, 0.1) is 0 Å². The minimum absolute atomic E-state index is 0. The number of carbonyl (C=O) groups excluding carboxylic acids is 1. The molecule has 2 N–H and O–H groups in total. The number of halogens is 1. The summed E-state index contributed by atoms with van der Waals surface area (Å²) in [6.07, 6.45) is 5.02. The highest BCUT2D eigenvalue weighted by atomic mass is 35.5. The van der Waals surface area contributed by atoms with Gasteiger partial charge >= 0.3 is 0 Å². The van der Waals surface area contributed by atoms with Crippen LogP contribution in [0.1, 0.15) is 52.9 Å². The largest absolute Gasteiger partial charge is 0.343 e.